The van der Waals surface area contributed by atoms with Crippen LogP contribution in [0.4, 0.5) is 0 Å². The quantitative estimate of drug-likeness (QED) is 0.258. The fourth-order valence-corrected chi connectivity index (χ4v) is 5.37. The van der Waals surface area contributed by atoms with Gasteiger partial charge in [-0.15, -0.1) is 23.5 Å². The lowest BCUT2D eigenvalue weighted by atomic mass is 10.1. The highest BCUT2D eigenvalue weighted by Gasteiger charge is 2.32. The molecule has 34 heavy (non-hydrogen) atoms. The molecule has 0 heterocycles. The van der Waals surface area contributed by atoms with Crippen LogP contribution in [0.15, 0.2) is 58.3 Å². The third-order valence-corrected chi connectivity index (χ3v) is 7.23. The van der Waals surface area contributed by atoms with Gasteiger partial charge in [-0.25, -0.2) is 9.59 Å². The Morgan fingerprint density at radius 1 is 0.676 bits per heavy atom. The van der Waals surface area contributed by atoms with Crippen molar-refractivity contribution in [2.24, 2.45) is 0 Å². The van der Waals surface area contributed by atoms with Crippen LogP contribution < -0.4 is 9.47 Å². The summed E-state index contributed by atoms with van der Waals surface area (Å²) in [5.74, 6) is -2.33. The number of carbonyl (C=O) groups is 3. The van der Waals surface area contributed by atoms with Crippen LogP contribution >= 0.6 is 23.5 Å². The van der Waals surface area contributed by atoms with Crippen LogP contribution in [0.3, 0.4) is 0 Å². The van der Waals surface area contributed by atoms with E-state index in [0.717, 1.165) is 9.79 Å². The average molecular weight is 509 g/mol. The van der Waals surface area contributed by atoms with Crippen LogP contribution in [0.2, 0.25) is 0 Å². The highest BCUT2D eigenvalue weighted by Crippen LogP contribution is 2.48. The second-order valence-corrected chi connectivity index (χ2v) is 12.1. The highest BCUT2D eigenvalue weighted by atomic mass is 32.2. The second kappa shape index (κ2) is 10.6. The van der Waals surface area contributed by atoms with Crippen molar-refractivity contribution in [1.82, 2.24) is 0 Å². The van der Waals surface area contributed by atoms with E-state index in [1.165, 1.54) is 51.2 Å². The highest BCUT2D eigenvalue weighted by molar-refractivity contribution is 8.18. The summed E-state index contributed by atoms with van der Waals surface area (Å²) in [6.07, 6.45) is -0.128. The molecule has 0 unspecified atom stereocenters. The summed E-state index contributed by atoms with van der Waals surface area (Å²) < 4.78 is 10.3. The number of aliphatic carboxylic acids is 3. The topological polar surface area (TPSA) is 130 Å². The molecule has 0 aromatic heterocycles. The van der Waals surface area contributed by atoms with E-state index in [1.807, 2.05) is 6.92 Å². The molecule has 0 aliphatic rings. The molecule has 0 aliphatic heterocycles. The Bertz CT molecular complexity index is 956. The number of carboxylic acids is 3. The van der Waals surface area contributed by atoms with Gasteiger partial charge in [0.15, 0.2) is 11.2 Å². The van der Waals surface area contributed by atoms with Gasteiger partial charge in [0.05, 0.1) is 10.5 Å². The predicted octanol–water partition coefficient (Wildman–Crippen LogP) is 5.25. The molecule has 10 heteroatoms. The zero-order chi connectivity index (χ0) is 25.7. The van der Waals surface area contributed by atoms with E-state index in [1.54, 1.807) is 48.5 Å². The van der Waals surface area contributed by atoms with Crippen molar-refractivity contribution in [1.29, 1.82) is 0 Å². The smallest absolute Gasteiger partial charge is 0.347 e. The van der Waals surface area contributed by atoms with E-state index in [4.69, 9.17) is 9.47 Å². The minimum atomic E-state index is -1.38. The Kier molecular flexibility index (Phi) is 8.54. The maximum Gasteiger partial charge on any atom is 0.347 e. The summed E-state index contributed by atoms with van der Waals surface area (Å²) in [4.78, 5) is 35.7. The van der Waals surface area contributed by atoms with Gasteiger partial charge in [-0.1, -0.05) is 0 Å². The van der Waals surface area contributed by atoms with E-state index in [-0.39, 0.29) is 6.42 Å². The van der Waals surface area contributed by atoms with Crippen molar-refractivity contribution in [3.63, 3.8) is 0 Å². The van der Waals surface area contributed by atoms with Crippen molar-refractivity contribution in [3.05, 3.63) is 48.5 Å². The monoisotopic (exact) mass is 508 g/mol. The Labute approximate surface area is 206 Å². The summed E-state index contributed by atoms with van der Waals surface area (Å²) >= 11 is 2.73. The largest absolute Gasteiger partial charge is 0.481 e. The molecule has 2 aromatic rings. The van der Waals surface area contributed by atoms with Crippen molar-refractivity contribution >= 4 is 41.4 Å². The normalized spacial score (nSPS) is 12.1. The molecular formula is C24H28O8S2. The molecule has 0 fully saturated rings. The first kappa shape index (κ1) is 27.4. The molecule has 2 rings (SSSR count). The van der Waals surface area contributed by atoms with Crippen molar-refractivity contribution in [3.8, 4) is 11.5 Å². The van der Waals surface area contributed by atoms with Gasteiger partial charge in [0.1, 0.15) is 11.5 Å². The first-order valence-electron chi connectivity index (χ1n) is 10.3. The minimum Gasteiger partial charge on any atom is -0.481 e. The minimum absolute atomic E-state index is 0.128. The van der Waals surface area contributed by atoms with Crippen molar-refractivity contribution in [2.75, 3.05) is 0 Å². The van der Waals surface area contributed by atoms with Crippen LogP contribution in [0.5, 0.6) is 11.5 Å². The molecular weight excluding hydrogens is 480 g/mol. The van der Waals surface area contributed by atoms with Gasteiger partial charge >= 0.3 is 17.9 Å². The first-order valence-corrected chi connectivity index (χ1v) is 11.9. The number of thioether (sulfide) groups is 2. The molecule has 184 valence electrons. The molecule has 2 aromatic carbocycles. The van der Waals surface area contributed by atoms with Crippen LogP contribution in [0.1, 0.15) is 41.0 Å². The third kappa shape index (κ3) is 7.88. The lowest BCUT2D eigenvalue weighted by Crippen LogP contribution is -2.37. The van der Waals surface area contributed by atoms with Crippen LogP contribution in [0, 0.1) is 0 Å². The standard InChI is InChI=1S/C24H28O8S2/c1-22(2,20(27)28)31-15-6-10-17(11-7-15)33-24(5,14-19(25)26)34-18-12-8-16(9-13-18)32-23(3,4)21(29)30/h6-13H,14H2,1-5H3,(H,25,26)(H,27,28)(H,29,30). The average Bonchev–Trinajstić information content (AvgIpc) is 2.69. The number of benzene rings is 2. The lowest BCUT2D eigenvalue weighted by molar-refractivity contribution is -0.152. The molecule has 3 N–H and O–H groups in total. The number of hydrogen-bond acceptors (Lipinski definition) is 7. The van der Waals surface area contributed by atoms with Crippen LogP contribution in [-0.2, 0) is 14.4 Å². The molecule has 0 spiro atoms. The van der Waals surface area contributed by atoms with E-state index in [9.17, 15) is 29.7 Å². The fraction of sp³-hybridized carbons (Fsp3) is 0.375. The third-order valence-electron chi connectivity index (χ3n) is 4.56. The molecule has 0 bridgehead atoms. The lowest BCUT2D eigenvalue weighted by Gasteiger charge is -2.27. The SMILES string of the molecule is CC(CC(=O)O)(Sc1ccc(OC(C)(C)C(=O)O)cc1)Sc1ccc(OC(C)(C)C(=O)O)cc1. The zero-order valence-corrected chi connectivity index (χ0v) is 21.2. The fourth-order valence-electron chi connectivity index (χ4n) is 2.69. The molecule has 0 aliphatic carbocycles. The molecule has 0 amide bonds. The van der Waals surface area contributed by atoms with E-state index in [0.29, 0.717) is 11.5 Å². The summed E-state index contributed by atoms with van der Waals surface area (Å²) in [5, 5.41) is 27.9. The van der Waals surface area contributed by atoms with Gasteiger partial charge in [-0.3, -0.25) is 4.79 Å². The van der Waals surface area contributed by atoms with E-state index >= 15 is 0 Å². The molecule has 0 radical (unpaired) electrons. The molecule has 0 saturated heterocycles. The molecule has 0 saturated carbocycles. The van der Waals surface area contributed by atoms with Gasteiger partial charge in [0.2, 0.25) is 0 Å². The van der Waals surface area contributed by atoms with Crippen LogP contribution in [-0.4, -0.2) is 48.5 Å². The zero-order valence-electron chi connectivity index (χ0n) is 19.5. The van der Waals surface area contributed by atoms with E-state index in [2.05, 4.69) is 0 Å². The van der Waals surface area contributed by atoms with Crippen LogP contribution in [0.25, 0.3) is 0 Å². The van der Waals surface area contributed by atoms with Gasteiger partial charge in [0.25, 0.3) is 0 Å². The maximum atomic E-state index is 11.6. The summed E-state index contributed by atoms with van der Waals surface area (Å²) in [7, 11) is 0. The molecule has 8 nitrogen and oxygen atoms in total. The number of rotatable bonds is 12. The van der Waals surface area contributed by atoms with Gasteiger partial charge in [-0.2, -0.15) is 0 Å². The second-order valence-electron chi connectivity index (χ2n) is 8.69. The summed E-state index contributed by atoms with van der Waals surface area (Å²) in [6.45, 7) is 7.65. The van der Waals surface area contributed by atoms with Crippen molar-refractivity contribution in [2.45, 2.75) is 66.1 Å². The summed E-state index contributed by atoms with van der Waals surface area (Å²) in [5.41, 5.74) is -2.75. The Morgan fingerprint density at radius 3 is 1.26 bits per heavy atom. The first-order chi connectivity index (χ1) is 15.6. The Hall–Kier alpha value is -2.85. The van der Waals surface area contributed by atoms with Crippen molar-refractivity contribution < 1.29 is 39.2 Å². The number of carboxylic acid groups (broad SMARTS) is 3. The van der Waals surface area contributed by atoms with Gasteiger partial charge in [-0.05, 0) is 83.1 Å². The van der Waals surface area contributed by atoms with E-state index < -0.39 is 33.2 Å². The predicted molar refractivity (Wildman–Crippen MR) is 130 cm³/mol. The number of hydrogen-bond donors (Lipinski definition) is 3. The maximum absolute atomic E-state index is 11.6. The van der Waals surface area contributed by atoms with Gasteiger partial charge < -0.3 is 24.8 Å². The Morgan fingerprint density at radius 2 is 1.00 bits per heavy atom. The molecule has 0 atom stereocenters. The Balaban J connectivity index is 2.16. The number of ether oxygens (including phenoxy) is 2. The summed E-state index contributed by atoms with van der Waals surface area (Å²) in [6, 6.07) is 13.6. The van der Waals surface area contributed by atoms with Gasteiger partial charge in [0, 0.05) is 9.79 Å².